The summed E-state index contributed by atoms with van der Waals surface area (Å²) in [6.45, 7) is 0.887. The smallest absolute Gasteiger partial charge is 0.314 e. The number of carbonyl (C=O) groups is 2. The molecule has 1 saturated carbocycles. The van der Waals surface area contributed by atoms with Crippen molar-refractivity contribution < 1.29 is 14.3 Å². The van der Waals surface area contributed by atoms with Gasteiger partial charge < -0.3 is 4.74 Å². The molecule has 0 unspecified atom stereocenters. The Labute approximate surface area is 97.9 Å². The summed E-state index contributed by atoms with van der Waals surface area (Å²) in [7, 11) is 0. The zero-order valence-electron chi connectivity index (χ0n) is 9.33. The summed E-state index contributed by atoms with van der Waals surface area (Å²) < 4.78 is 6.29. The lowest BCUT2D eigenvalue weighted by Crippen LogP contribution is -2.24. The summed E-state index contributed by atoms with van der Waals surface area (Å²) >= 11 is 0. The van der Waals surface area contributed by atoms with Gasteiger partial charge in [0.1, 0.15) is 0 Å². The van der Waals surface area contributed by atoms with Crippen molar-refractivity contribution in [2.45, 2.75) is 38.1 Å². The molecule has 0 amide bonds. The fourth-order valence-electron chi connectivity index (χ4n) is 2.05. The highest BCUT2D eigenvalue weighted by Gasteiger charge is 2.30. The summed E-state index contributed by atoms with van der Waals surface area (Å²) in [5, 5.41) is 8.07. The van der Waals surface area contributed by atoms with Crippen molar-refractivity contribution in [2.24, 2.45) is 5.92 Å². The van der Waals surface area contributed by atoms with E-state index in [2.05, 4.69) is 15.0 Å². The number of rotatable bonds is 3. The Balaban J connectivity index is 1.71. The number of aromatic nitrogens is 3. The van der Waals surface area contributed by atoms with Gasteiger partial charge in [0.05, 0.1) is 18.5 Å². The molecule has 2 heterocycles. The van der Waals surface area contributed by atoms with Crippen LogP contribution in [-0.2, 0) is 20.9 Å². The summed E-state index contributed by atoms with van der Waals surface area (Å²) in [6.07, 6.45) is 4.78. The minimum atomic E-state index is -0.469. The summed E-state index contributed by atoms with van der Waals surface area (Å²) in [5.41, 5.74) is 0.718. The van der Waals surface area contributed by atoms with Crippen LogP contribution in [0.4, 0.5) is 0 Å². The molecule has 0 N–H and O–H groups in total. The molecule has 90 valence electrons. The Morgan fingerprint density at radius 2 is 2.00 bits per heavy atom. The molecule has 1 aliphatic heterocycles. The number of hydrogen-bond donors (Lipinski definition) is 0. The Hall–Kier alpha value is -1.72. The lowest BCUT2D eigenvalue weighted by atomic mass is 9.96. The van der Waals surface area contributed by atoms with E-state index in [1.165, 1.54) is 12.8 Å². The van der Waals surface area contributed by atoms with Crippen LogP contribution in [0.1, 0.15) is 37.3 Å². The minimum absolute atomic E-state index is 0.170. The second-order valence-corrected chi connectivity index (χ2v) is 4.76. The first-order chi connectivity index (χ1) is 8.20. The lowest BCUT2D eigenvalue weighted by Gasteiger charge is -2.16. The third kappa shape index (κ3) is 2.35. The second kappa shape index (κ2) is 3.94. The molecule has 0 atom stereocenters. The summed E-state index contributed by atoms with van der Waals surface area (Å²) in [5.74, 6) is -0.384. The van der Waals surface area contributed by atoms with E-state index in [-0.39, 0.29) is 18.8 Å². The fraction of sp³-hybridized carbons (Fsp3) is 0.636. The van der Waals surface area contributed by atoms with Crippen LogP contribution in [0.2, 0.25) is 0 Å². The van der Waals surface area contributed by atoms with Crippen LogP contribution in [0, 0.1) is 5.92 Å². The largest absolute Gasteiger partial charge is 0.393 e. The molecular weight excluding hydrogens is 222 g/mol. The van der Waals surface area contributed by atoms with Crippen LogP contribution in [0.3, 0.4) is 0 Å². The average Bonchev–Trinajstić information content (AvgIpc) is 2.93. The quantitative estimate of drug-likeness (QED) is 0.567. The molecule has 0 aromatic carbocycles. The van der Waals surface area contributed by atoms with E-state index in [1.807, 2.05) is 6.20 Å². The van der Waals surface area contributed by atoms with Gasteiger partial charge in [-0.2, -0.15) is 0 Å². The van der Waals surface area contributed by atoms with Crippen molar-refractivity contribution in [3.8, 4) is 0 Å². The number of cyclic esters (lactones) is 2. The Kier molecular flexibility index (Phi) is 2.42. The molecule has 2 aliphatic rings. The van der Waals surface area contributed by atoms with E-state index in [1.54, 1.807) is 4.68 Å². The Morgan fingerprint density at radius 3 is 2.65 bits per heavy atom. The zero-order valence-corrected chi connectivity index (χ0v) is 9.33. The number of hydrogen-bond acceptors (Lipinski definition) is 5. The van der Waals surface area contributed by atoms with E-state index in [9.17, 15) is 9.59 Å². The fourth-order valence-corrected chi connectivity index (χ4v) is 2.05. The highest BCUT2D eigenvalue weighted by molar-refractivity contribution is 5.89. The van der Waals surface area contributed by atoms with Gasteiger partial charge in [-0.25, -0.2) is 0 Å². The molecule has 3 rings (SSSR count). The number of nitrogens with zero attached hydrogens (tertiary/aromatic N) is 3. The number of carbonyl (C=O) groups excluding carboxylic acids is 2. The van der Waals surface area contributed by atoms with E-state index in [0.29, 0.717) is 0 Å². The molecular formula is C11H13N3O3. The molecule has 0 spiro atoms. The van der Waals surface area contributed by atoms with Crippen LogP contribution in [0.25, 0.3) is 0 Å². The summed E-state index contributed by atoms with van der Waals surface area (Å²) in [4.78, 5) is 22.3. The van der Waals surface area contributed by atoms with Gasteiger partial charge in [-0.15, -0.1) is 5.10 Å². The normalized spacial score (nSPS) is 21.6. The molecule has 6 nitrogen and oxygen atoms in total. The minimum Gasteiger partial charge on any atom is -0.393 e. The van der Waals surface area contributed by atoms with Gasteiger partial charge in [0.2, 0.25) is 0 Å². The highest BCUT2D eigenvalue weighted by atomic mass is 16.6. The van der Waals surface area contributed by atoms with Gasteiger partial charge in [-0.05, 0) is 18.8 Å². The van der Waals surface area contributed by atoms with E-state index >= 15 is 0 Å². The molecule has 1 saturated heterocycles. The summed E-state index contributed by atoms with van der Waals surface area (Å²) in [6, 6.07) is 0. The maximum atomic E-state index is 11.2. The topological polar surface area (TPSA) is 74.1 Å². The van der Waals surface area contributed by atoms with Gasteiger partial charge in [-0.1, -0.05) is 5.21 Å². The first-order valence-electron chi connectivity index (χ1n) is 5.84. The monoisotopic (exact) mass is 235 g/mol. The maximum Gasteiger partial charge on any atom is 0.314 e. The van der Waals surface area contributed by atoms with Gasteiger partial charge in [0.25, 0.3) is 0 Å². The third-order valence-corrected chi connectivity index (χ3v) is 3.17. The van der Waals surface area contributed by atoms with Crippen LogP contribution in [-0.4, -0.2) is 26.9 Å². The predicted molar refractivity (Wildman–Crippen MR) is 55.8 cm³/mol. The van der Waals surface area contributed by atoms with Crippen molar-refractivity contribution in [2.75, 3.05) is 0 Å². The SMILES string of the molecule is O=C1CC(c2cn(CC3CC3)nn2)CC(=O)O1. The number of esters is 2. The van der Waals surface area contributed by atoms with Crippen molar-refractivity contribution in [1.82, 2.24) is 15.0 Å². The molecule has 2 fully saturated rings. The van der Waals surface area contributed by atoms with E-state index < -0.39 is 11.9 Å². The zero-order chi connectivity index (χ0) is 11.8. The van der Waals surface area contributed by atoms with E-state index in [4.69, 9.17) is 0 Å². The van der Waals surface area contributed by atoms with Crippen LogP contribution < -0.4 is 0 Å². The van der Waals surface area contributed by atoms with Gasteiger partial charge in [0, 0.05) is 18.7 Å². The standard InChI is InChI=1S/C11H13N3O3/c15-10-3-8(4-11(16)17-10)9-6-14(13-12-9)5-7-1-2-7/h6-8H,1-5H2. The average molecular weight is 235 g/mol. The van der Waals surface area contributed by atoms with Crippen LogP contribution >= 0.6 is 0 Å². The van der Waals surface area contributed by atoms with Crippen LogP contribution in [0.15, 0.2) is 6.20 Å². The van der Waals surface area contributed by atoms with Crippen molar-refractivity contribution >= 4 is 11.9 Å². The van der Waals surface area contributed by atoms with Gasteiger partial charge in [-0.3, -0.25) is 14.3 Å². The lowest BCUT2D eigenvalue weighted by molar-refractivity contribution is -0.164. The molecule has 1 aliphatic carbocycles. The van der Waals surface area contributed by atoms with Gasteiger partial charge in [0.15, 0.2) is 0 Å². The second-order valence-electron chi connectivity index (χ2n) is 4.76. The molecule has 0 radical (unpaired) electrons. The Morgan fingerprint density at radius 1 is 1.29 bits per heavy atom. The van der Waals surface area contributed by atoms with Crippen LogP contribution in [0.5, 0.6) is 0 Å². The molecule has 1 aromatic heterocycles. The van der Waals surface area contributed by atoms with Crippen molar-refractivity contribution in [1.29, 1.82) is 0 Å². The maximum absolute atomic E-state index is 11.2. The third-order valence-electron chi connectivity index (χ3n) is 3.17. The molecule has 0 bridgehead atoms. The van der Waals surface area contributed by atoms with E-state index in [0.717, 1.165) is 18.2 Å². The molecule has 6 heteroatoms. The molecule has 17 heavy (non-hydrogen) atoms. The Bertz CT molecular complexity index is 448. The van der Waals surface area contributed by atoms with Crippen molar-refractivity contribution in [3.05, 3.63) is 11.9 Å². The van der Waals surface area contributed by atoms with Crippen molar-refractivity contribution in [3.63, 3.8) is 0 Å². The first kappa shape index (κ1) is 10.4. The van der Waals surface area contributed by atoms with Gasteiger partial charge >= 0.3 is 11.9 Å². The molecule has 1 aromatic rings. The predicted octanol–water partition coefficient (Wildman–Crippen LogP) is 0.635. The number of ether oxygens (including phenoxy) is 1. The first-order valence-corrected chi connectivity index (χ1v) is 5.84. The highest BCUT2D eigenvalue weighted by Crippen LogP contribution is 2.31.